The van der Waals surface area contributed by atoms with Gasteiger partial charge in [-0.1, -0.05) is 17.7 Å². The van der Waals surface area contributed by atoms with Crippen LogP contribution in [0.25, 0.3) is 0 Å². The molecule has 0 N–H and O–H groups in total. The van der Waals surface area contributed by atoms with Gasteiger partial charge in [-0.05, 0) is 50.1 Å². The van der Waals surface area contributed by atoms with E-state index in [1.165, 1.54) is 12.1 Å². The predicted octanol–water partition coefficient (Wildman–Crippen LogP) is 4.04. The van der Waals surface area contributed by atoms with Crippen molar-refractivity contribution in [1.82, 2.24) is 10.2 Å². The first-order chi connectivity index (χ1) is 9.04. The van der Waals surface area contributed by atoms with E-state index < -0.39 is 0 Å². The van der Waals surface area contributed by atoms with Crippen LogP contribution in [0.3, 0.4) is 0 Å². The molecule has 2 aromatic rings. The summed E-state index contributed by atoms with van der Waals surface area (Å²) in [5.41, 5.74) is 2.59. The third kappa shape index (κ3) is 2.68. The van der Waals surface area contributed by atoms with Crippen molar-refractivity contribution in [3.63, 3.8) is 0 Å². The van der Waals surface area contributed by atoms with Gasteiger partial charge in [0.15, 0.2) is 11.0 Å². The van der Waals surface area contributed by atoms with E-state index in [1.54, 1.807) is 6.07 Å². The molecule has 0 fully saturated rings. The van der Waals surface area contributed by atoms with Crippen LogP contribution in [0.15, 0.2) is 24.3 Å². The molecule has 1 heterocycles. The first-order valence-corrected chi connectivity index (χ1v) is 6.45. The molecule has 5 heteroatoms. The molecule has 1 aromatic heterocycles. The molecule has 1 aromatic carbocycles. The Labute approximate surface area is 117 Å². The minimum absolute atomic E-state index is 0.271. The average Bonchev–Trinajstić information content (AvgIpc) is 2.40. The van der Waals surface area contributed by atoms with Crippen LogP contribution in [-0.2, 0) is 0 Å². The van der Waals surface area contributed by atoms with Crippen molar-refractivity contribution in [2.45, 2.75) is 20.8 Å². The number of halogens is 2. The van der Waals surface area contributed by atoms with Crippen molar-refractivity contribution in [2.75, 3.05) is 11.4 Å². The number of hydrogen-bond acceptors (Lipinski definition) is 3. The Bertz CT molecular complexity index is 601. The number of aromatic nitrogens is 2. The maximum Gasteiger partial charge on any atom is 0.158 e. The van der Waals surface area contributed by atoms with E-state index >= 15 is 0 Å². The lowest BCUT2D eigenvalue weighted by molar-refractivity contribution is 0.627. The van der Waals surface area contributed by atoms with Crippen molar-refractivity contribution in [1.29, 1.82) is 0 Å². The van der Waals surface area contributed by atoms with E-state index in [1.807, 2.05) is 31.7 Å². The zero-order valence-corrected chi connectivity index (χ0v) is 11.9. The Morgan fingerprint density at radius 3 is 2.58 bits per heavy atom. The molecule has 0 unspecified atom stereocenters. The third-order valence-corrected chi connectivity index (χ3v) is 3.49. The molecule has 0 amide bonds. The summed E-state index contributed by atoms with van der Waals surface area (Å²) >= 11 is 5.95. The second kappa shape index (κ2) is 5.53. The Morgan fingerprint density at radius 1 is 1.21 bits per heavy atom. The summed E-state index contributed by atoms with van der Waals surface area (Å²) in [6.45, 7) is 6.48. The zero-order chi connectivity index (χ0) is 14.0. The Kier molecular flexibility index (Phi) is 4.00. The summed E-state index contributed by atoms with van der Waals surface area (Å²) in [7, 11) is 0. The fourth-order valence-electron chi connectivity index (χ4n) is 1.92. The lowest BCUT2D eigenvalue weighted by Gasteiger charge is -2.24. The maximum atomic E-state index is 13.3. The highest BCUT2D eigenvalue weighted by molar-refractivity contribution is 6.30. The molecule has 0 bridgehead atoms. The van der Waals surface area contributed by atoms with Crippen molar-refractivity contribution in [3.05, 3.63) is 46.4 Å². The van der Waals surface area contributed by atoms with Gasteiger partial charge < -0.3 is 4.90 Å². The van der Waals surface area contributed by atoms with E-state index in [-0.39, 0.29) is 5.82 Å². The molecule has 0 aliphatic rings. The highest BCUT2D eigenvalue weighted by atomic mass is 35.5. The van der Waals surface area contributed by atoms with Crippen LogP contribution in [-0.4, -0.2) is 16.7 Å². The average molecular weight is 280 g/mol. The first kappa shape index (κ1) is 13.7. The second-order valence-corrected chi connectivity index (χ2v) is 4.65. The zero-order valence-electron chi connectivity index (χ0n) is 11.1. The topological polar surface area (TPSA) is 29.0 Å². The number of nitrogens with zero attached hydrogens (tertiary/aromatic N) is 3. The summed E-state index contributed by atoms with van der Waals surface area (Å²) in [6, 6.07) is 6.42. The van der Waals surface area contributed by atoms with Gasteiger partial charge in [0, 0.05) is 12.2 Å². The van der Waals surface area contributed by atoms with Crippen LogP contribution in [0.1, 0.15) is 18.1 Å². The van der Waals surface area contributed by atoms with Crippen molar-refractivity contribution in [3.8, 4) is 0 Å². The van der Waals surface area contributed by atoms with Crippen LogP contribution in [0, 0.1) is 19.7 Å². The molecular formula is C14H15ClFN3. The van der Waals surface area contributed by atoms with Crippen LogP contribution in [0.5, 0.6) is 0 Å². The summed E-state index contributed by atoms with van der Waals surface area (Å²) in [4.78, 5) is 1.91. The standard InChI is InChI=1S/C14H15ClFN3/c1-4-19(12-7-5-6-11(16)8-12)14-10(3)9(2)13(15)17-18-14/h5-8H,4H2,1-3H3. The second-order valence-electron chi connectivity index (χ2n) is 4.29. The SMILES string of the molecule is CCN(c1cccc(F)c1)c1nnc(Cl)c(C)c1C. The van der Waals surface area contributed by atoms with Crippen LogP contribution < -0.4 is 4.90 Å². The van der Waals surface area contributed by atoms with Gasteiger partial charge >= 0.3 is 0 Å². The summed E-state index contributed by atoms with van der Waals surface area (Å²) < 4.78 is 13.3. The lowest BCUT2D eigenvalue weighted by Crippen LogP contribution is -2.19. The number of hydrogen-bond donors (Lipinski definition) is 0. The van der Waals surface area contributed by atoms with E-state index in [4.69, 9.17) is 11.6 Å². The van der Waals surface area contributed by atoms with Gasteiger partial charge in [-0.25, -0.2) is 4.39 Å². The highest BCUT2D eigenvalue weighted by Crippen LogP contribution is 2.29. The van der Waals surface area contributed by atoms with Crippen molar-refractivity contribution >= 4 is 23.1 Å². The van der Waals surface area contributed by atoms with Gasteiger partial charge in [0.2, 0.25) is 0 Å². The van der Waals surface area contributed by atoms with Gasteiger partial charge in [-0.3, -0.25) is 0 Å². The van der Waals surface area contributed by atoms with Gasteiger partial charge in [0.05, 0.1) is 0 Å². The molecule has 0 aliphatic heterocycles. The highest BCUT2D eigenvalue weighted by Gasteiger charge is 2.15. The summed E-state index contributed by atoms with van der Waals surface area (Å²) in [6.07, 6.45) is 0. The minimum atomic E-state index is -0.271. The molecular weight excluding hydrogens is 265 g/mol. The number of anilines is 2. The molecule has 0 spiro atoms. The Balaban J connectivity index is 2.51. The smallest absolute Gasteiger partial charge is 0.158 e. The third-order valence-electron chi connectivity index (χ3n) is 3.13. The molecule has 0 aliphatic carbocycles. The quantitative estimate of drug-likeness (QED) is 0.849. The van der Waals surface area contributed by atoms with Gasteiger partial charge in [0.25, 0.3) is 0 Å². The fourth-order valence-corrected chi connectivity index (χ4v) is 2.10. The van der Waals surface area contributed by atoms with Gasteiger partial charge in [0.1, 0.15) is 5.82 Å². The lowest BCUT2D eigenvalue weighted by atomic mass is 10.1. The molecule has 0 atom stereocenters. The molecule has 0 saturated carbocycles. The largest absolute Gasteiger partial charge is 0.325 e. The monoisotopic (exact) mass is 279 g/mol. The molecule has 100 valence electrons. The predicted molar refractivity (Wildman–Crippen MR) is 75.6 cm³/mol. The number of rotatable bonds is 3. The van der Waals surface area contributed by atoms with E-state index in [0.29, 0.717) is 17.5 Å². The summed E-state index contributed by atoms with van der Waals surface area (Å²) in [5, 5.41) is 8.47. The Morgan fingerprint density at radius 2 is 1.95 bits per heavy atom. The minimum Gasteiger partial charge on any atom is -0.325 e. The van der Waals surface area contributed by atoms with Crippen LogP contribution >= 0.6 is 11.6 Å². The van der Waals surface area contributed by atoms with Crippen LogP contribution in [0.2, 0.25) is 5.15 Å². The molecule has 19 heavy (non-hydrogen) atoms. The normalized spacial score (nSPS) is 10.6. The Hall–Kier alpha value is -1.68. The van der Waals surface area contributed by atoms with Gasteiger partial charge in [-0.15, -0.1) is 10.2 Å². The molecule has 3 nitrogen and oxygen atoms in total. The van der Waals surface area contributed by atoms with E-state index in [0.717, 1.165) is 16.8 Å². The van der Waals surface area contributed by atoms with Crippen molar-refractivity contribution in [2.24, 2.45) is 0 Å². The number of benzene rings is 1. The summed E-state index contributed by atoms with van der Waals surface area (Å²) in [5.74, 6) is 0.433. The molecule has 0 radical (unpaired) electrons. The fraction of sp³-hybridized carbons (Fsp3) is 0.286. The van der Waals surface area contributed by atoms with Crippen LogP contribution in [0.4, 0.5) is 15.9 Å². The first-order valence-electron chi connectivity index (χ1n) is 6.07. The maximum absolute atomic E-state index is 13.3. The van der Waals surface area contributed by atoms with E-state index in [9.17, 15) is 4.39 Å². The van der Waals surface area contributed by atoms with Crippen molar-refractivity contribution < 1.29 is 4.39 Å². The molecule has 0 saturated heterocycles. The van der Waals surface area contributed by atoms with Gasteiger partial charge in [-0.2, -0.15) is 0 Å². The van der Waals surface area contributed by atoms with E-state index in [2.05, 4.69) is 10.2 Å². The molecule has 2 rings (SSSR count).